The number of nitrogens with zero attached hydrogens (tertiary/aromatic N) is 3. The minimum Gasteiger partial charge on any atom is -0.347 e. The van der Waals surface area contributed by atoms with Crippen LogP contribution in [0.4, 0.5) is 0 Å². The molecule has 1 saturated carbocycles. The van der Waals surface area contributed by atoms with Gasteiger partial charge in [0.2, 0.25) is 5.91 Å². The second-order valence-corrected chi connectivity index (χ2v) is 7.09. The van der Waals surface area contributed by atoms with Crippen molar-refractivity contribution in [2.45, 2.75) is 44.7 Å². The van der Waals surface area contributed by atoms with Crippen LogP contribution in [-0.4, -0.2) is 20.9 Å². The second kappa shape index (κ2) is 7.68. The number of hydrogen-bond acceptors (Lipinski definition) is 3. The van der Waals surface area contributed by atoms with Gasteiger partial charge in [-0.15, -0.1) is 5.10 Å². The highest BCUT2D eigenvalue weighted by Gasteiger charge is 2.26. The van der Waals surface area contributed by atoms with Gasteiger partial charge in [-0.2, -0.15) is 0 Å². The van der Waals surface area contributed by atoms with Crippen LogP contribution in [0.5, 0.6) is 0 Å². The Morgan fingerprint density at radius 3 is 2.58 bits per heavy atom. The van der Waals surface area contributed by atoms with Crippen molar-refractivity contribution in [1.82, 2.24) is 20.3 Å². The zero-order valence-electron chi connectivity index (χ0n) is 14.8. The fourth-order valence-corrected chi connectivity index (χ4v) is 3.99. The van der Waals surface area contributed by atoms with Gasteiger partial charge in [0, 0.05) is 0 Å². The van der Waals surface area contributed by atoms with Gasteiger partial charge in [0.05, 0.1) is 11.6 Å². The molecule has 1 unspecified atom stereocenters. The summed E-state index contributed by atoms with van der Waals surface area (Å²) in [4.78, 5) is 12.8. The van der Waals surface area contributed by atoms with Crippen LogP contribution < -0.4 is 5.32 Å². The third-order valence-electron chi connectivity index (χ3n) is 5.31. The summed E-state index contributed by atoms with van der Waals surface area (Å²) in [6.07, 6.45) is 6.14. The SMILES string of the molecule is O=C(Cn1nnc2ccccc21)NC(c1ccccc1)C1CCCCC1. The van der Waals surface area contributed by atoms with Crippen molar-refractivity contribution in [1.29, 1.82) is 0 Å². The molecular formula is C21H24N4O. The summed E-state index contributed by atoms with van der Waals surface area (Å²) >= 11 is 0. The van der Waals surface area contributed by atoms with Gasteiger partial charge in [0.15, 0.2) is 0 Å². The predicted octanol–water partition coefficient (Wildman–Crippen LogP) is 3.87. The zero-order valence-corrected chi connectivity index (χ0v) is 14.8. The summed E-state index contributed by atoms with van der Waals surface area (Å²) in [7, 11) is 0. The van der Waals surface area contributed by atoms with Gasteiger partial charge < -0.3 is 5.32 Å². The number of benzene rings is 2. The van der Waals surface area contributed by atoms with Gasteiger partial charge in [0.25, 0.3) is 0 Å². The Labute approximate surface area is 153 Å². The van der Waals surface area contributed by atoms with E-state index in [2.05, 4.69) is 27.8 Å². The average Bonchev–Trinajstić information content (AvgIpc) is 3.10. The normalized spacial score (nSPS) is 16.5. The van der Waals surface area contributed by atoms with Crippen LogP contribution in [0, 0.1) is 5.92 Å². The highest BCUT2D eigenvalue weighted by atomic mass is 16.2. The standard InChI is InChI=1S/C21H24N4O/c26-20(15-25-19-14-8-7-13-18(19)23-24-25)22-21(16-9-3-1-4-10-16)17-11-5-2-6-12-17/h1,3-4,7-10,13-14,17,21H,2,5-6,11-12,15H2,(H,22,26). The Bertz CT molecular complexity index is 868. The van der Waals surface area contributed by atoms with E-state index in [1.165, 1.54) is 37.7 Å². The molecule has 3 aromatic rings. The number of carbonyl (C=O) groups is 1. The molecule has 4 rings (SSSR count). The van der Waals surface area contributed by atoms with Crippen LogP contribution in [0.15, 0.2) is 54.6 Å². The molecule has 5 nitrogen and oxygen atoms in total. The van der Waals surface area contributed by atoms with Gasteiger partial charge in [-0.25, -0.2) is 4.68 Å². The first-order valence-corrected chi connectivity index (χ1v) is 9.44. The first kappa shape index (κ1) is 16.8. The quantitative estimate of drug-likeness (QED) is 0.761. The van der Waals surface area contributed by atoms with Crippen molar-refractivity contribution in [3.63, 3.8) is 0 Å². The molecule has 1 aliphatic carbocycles. The van der Waals surface area contributed by atoms with E-state index >= 15 is 0 Å². The summed E-state index contributed by atoms with van der Waals surface area (Å²) in [5, 5.41) is 11.5. The largest absolute Gasteiger partial charge is 0.347 e. The van der Waals surface area contributed by atoms with E-state index < -0.39 is 0 Å². The molecule has 1 aliphatic rings. The van der Waals surface area contributed by atoms with E-state index in [9.17, 15) is 4.79 Å². The molecule has 0 bridgehead atoms. The summed E-state index contributed by atoms with van der Waals surface area (Å²) in [6, 6.07) is 18.1. The predicted molar refractivity (Wildman–Crippen MR) is 101 cm³/mol. The lowest BCUT2D eigenvalue weighted by Crippen LogP contribution is -2.36. The number of carbonyl (C=O) groups excluding carboxylic acids is 1. The van der Waals surface area contributed by atoms with Crippen molar-refractivity contribution in [3.05, 3.63) is 60.2 Å². The van der Waals surface area contributed by atoms with Crippen LogP contribution >= 0.6 is 0 Å². The Kier molecular flexibility index (Phi) is 4.95. The molecule has 1 heterocycles. The smallest absolute Gasteiger partial charge is 0.242 e. The van der Waals surface area contributed by atoms with Gasteiger partial charge in [-0.3, -0.25) is 4.79 Å². The van der Waals surface area contributed by atoms with Gasteiger partial charge in [0.1, 0.15) is 12.1 Å². The molecular weight excluding hydrogens is 324 g/mol. The Hall–Kier alpha value is -2.69. The summed E-state index contributed by atoms with van der Waals surface area (Å²) in [5.74, 6) is 0.489. The van der Waals surface area contributed by atoms with E-state index in [0.29, 0.717) is 5.92 Å². The molecule has 26 heavy (non-hydrogen) atoms. The van der Waals surface area contributed by atoms with Gasteiger partial charge in [-0.05, 0) is 36.5 Å². The van der Waals surface area contributed by atoms with E-state index in [1.807, 2.05) is 42.5 Å². The van der Waals surface area contributed by atoms with E-state index in [-0.39, 0.29) is 18.5 Å². The number of aromatic nitrogens is 3. The molecule has 1 amide bonds. The van der Waals surface area contributed by atoms with E-state index in [1.54, 1.807) is 4.68 Å². The van der Waals surface area contributed by atoms with Crippen molar-refractivity contribution >= 4 is 16.9 Å². The monoisotopic (exact) mass is 348 g/mol. The number of hydrogen-bond donors (Lipinski definition) is 1. The number of rotatable bonds is 5. The lowest BCUT2D eigenvalue weighted by atomic mass is 9.81. The fraction of sp³-hybridized carbons (Fsp3) is 0.381. The fourth-order valence-electron chi connectivity index (χ4n) is 3.99. The second-order valence-electron chi connectivity index (χ2n) is 7.09. The molecule has 1 fully saturated rings. The van der Waals surface area contributed by atoms with Crippen molar-refractivity contribution in [3.8, 4) is 0 Å². The number of para-hydroxylation sites is 1. The maximum Gasteiger partial charge on any atom is 0.242 e. The van der Waals surface area contributed by atoms with Gasteiger partial charge in [-0.1, -0.05) is 66.9 Å². The van der Waals surface area contributed by atoms with Crippen LogP contribution in [0.25, 0.3) is 11.0 Å². The molecule has 5 heteroatoms. The number of fused-ring (bicyclic) bond motifs is 1. The zero-order chi connectivity index (χ0) is 17.8. The summed E-state index contributed by atoms with van der Waals surface area (Å²) in [5.41, 5.74) is 2.89. The molecule has 0 spiro atoms. The maximum absolute atomic E-state index is 12.8. The number of amides is 1. The average molecular weight is 348 g/mol. The Morgan fingerprint density at radius 1 is 1.04 bits per heavy atom. The van der Waals surface area contributed by atoms with Crippen molar-refractivity contribution in [2.24, 2.45) is 5.92 Å². The Balaban J connectivity index is 1.52. The molecule has 0 saturated heterocycles. The third-order valence-corrected chi connectivity index (χ3v) is 5.31. The van der Waals surface area contributed by atoms with E-state index in [0.717, 1.165) is 11.0 Å². The molecule has 2 aromatic carbocycles. The summed E-state index contributed by atoms with van der Waals surface area (Å²) in [6.45, 7) is 0.191. The maximum atomic E-state index is 12.8. The highest BCUT2D eigenvalue weighted by molar-refractivity contribution is 5.80. The highest BCUT2D eigenvalue weighted by Crippen LogP contribution is 2.34. The van der Waals surface area contributed by atoms with Gasteiger partial charge >= 0.3 is 0 Å². The van der Waals surface area contributed by atoms with Crippen LogP contribution in [0.3, 0.4) is 0 Å². The first-order valence-electron chi connectivity index (χ1n) is 9.44. The first-order chi connectivity index (χ1) is 12.8. The lowest BCUT2D eigenvalue weighted by Gasteiger charge is -2.31. The Morgan fingerprint density at radius 2 is 1.77 bits per heavy atom. The van der Waals surface area contributed by atoms with E-state index in [4.69, 9.17) is 0 Å². The van der Waals surface area contributed by atoms with Crippen LogP contribution in [0.1, 0.15) is 43.7 Å². The minimum absolute atomic E-state index is 0.0138. The molecule has 0 aliphatic heterocycles. The van der Waals surface area contributed by atoms with Crippen molar-refractivity contribution in [2.75, 3.05) is 0 Å². The molecule has 1 aromatic heterocycles. The van der Waals surface area contributed by atoms with Crippen LogP contribution in [-0.2, 0) is 11.3 Å². The molecule has 134 valence electrons. The molecule has 1 atom stereocenters. The molecule has 0 radical (unpaired) electrons. The molecule has 1 N–H and O–H groups in total. The minimum atomic E-state index is -0.0138. The lowest BCUT2D eigenvalue weighted by molar-refractivity contribution is -0.123. The number of nitrogens with one attached hydrogen (secondary N) is 1. The summed E-state index contributed by atoms with van der Waals surface area (Å²) < 4.78 is 1.67. The third kappa shape index (κ3) is 3.62. The van der Waals surface area contributed by atoms with Crippen LogP contribution in [0.2, 0.25) is 0 Å². The van der Waals surface area contributed by atoms with Crippen molar-refractivity contribution < 1.29 is 4.79 Å². The topological polar surface area (TPSA) is 59.8 Å².